The number of carbonyl (C=O) groups is 2. The van der Waals surface area contributed by atoms with Gasteiger partial charge in [-0.1, -0.05) is 19.1 Å². The first-order valence-corrected chi connectivity index (χ1v) is 6.95. The molecule has 112 valence electrons. The third-order valence-electron chi connectivity index (χ3n) is 3.55. The summed E-state index contributed by atoms with van der Waals surface area (Å²) in [6.45, 7) is 1.75. The van der Waals surface area contributed by atoms with E-state index in [1.54, 1.807) is 6.92 Å². The molecule has 2 aromatic rings. The number of aromatic nitrogens is 2. The standard InChI is InChI=1S/C15H19N3O3/c1-3-12(15(20)21)18(2)14(19)9-8-13-16-10-6-4-5-7-11(10)17-13/h4-7,12H,3,8-9H2,1-2H3,(H,16,17)(H,20,21). The highest BCUT2D eigenvalue weighted by atomic mass is 16.4. The Morgan fingerprint density at radius 1 is 1.38 bits per heavy atom. The number of aryl methyl sites for hydroxylation is 1. The van der Waals surface area contributed by atoms with E-state index in [1.165, 1.54) is 11.9 Å². The third kappa shape index (κ3) is 3.39. The maximum atomic E-state index is 12.1. The van der Waals surface area contributed by atoms with E-state index < -0.39 is 12.0 Å². The number of hydrogen-bond acceptors (Lipinski definition) is 3. The van der Waals surface area contributed by atoms with Crippen LogP contribution in [-0.2, 0) is 16.0 Å². The van der Waals surface area contributed by atoms with Crippen molar-refractivity contribution in [1.82, 2.24) is 14.9 Å². The van der Waals surface area contributed by atoms with Crippen LogP contribution in [-0.4, -0.2) is 44.9 Å². The number of rotatable bonds is 6. The Kier molecular flexibility index (Phi) is 4.57. The highest BCUT2D eigenvalue weighted by molar-refractivity contribution is 5.83. The molecule has 1 aromatic carbocycles. The highest BCUT2D eigenvalue weighted by Crippen LogP contribution is 2.12. The van der Waals surface area contributed by atoms with Crippen LogP contribution in [0.1, 0.15) is 25.6 Å². The Balaban J connectivity index is 1.98. The molecule has 1 unspecified atom stereocenters. The van der Waals surface area contributed by atoms with Gasteiger partial charge < -0.3 is 15.0 Å². The number of imidazole rings is 1. The molecule has 1 atom stereocenters. The van der Waals surface area contributed by atoms with Crippen LogP contribution in [0.3, 0.4) is 0 Å². The lowest BCUT2D eigenvalue weighted by Gasteiger charge is -2.23. The SMILES string of the molecule is CCC(C(=O)O)N(C)C(=O)CCc1nc2ccccc2[nH]1. The molecule has 0 fully saturated rings. The van der Waals surface area contributed by atoms with E-state index in [9.17, 15) is 9.59 Å². The number of amides is 1. The zero-order valence-electron chi connectivity index (χ0n) is 12.2. The molecule has 21 heavy (non-hydrogen) atoms. The first-order valence-electron chi connectivity index (χ1n) is 6.95. The lowest BCUT2D eigenvalue weighted by Crippen LogP contribution is -2.42. The van der Waals surface area contributed by atoms with Crippen LogP contribution in [0.5, 0.6) is 0 Å². The second-order valence-corrected chi connectivity index (χ2v) is 4.97. The minimum atomic E-state index is -0.975. The maximum absolute atomic E-state index is 12.1. The van der Waals surface area contributed by atoms with Gasteiger partial charge in [0.05, 0.1) is 11.0 Å². The van der Waals surface area contributed by atoms with Gasteiger partial charge in [-0.15, -0.1) is 0 Å². The van der Waals surface area contributed by atoms with Crippen molar-refractivity contribution in [2.24, 2.45) is 0 Å². The fourth-order valence-corrected chi connectivity index (χ4v) is 2.31. The summed E-state index contributed by atoms with van der Waals surface area (Å²) in [4.78, 5) is 32.0. The number of aliphatic carboxylic acids is 1. The Hall–Kier alpha value is -2.37. The summed E-state index contributed by atoms with van der Waals surface area (Å²) in [6.07, 6.45) is 1.09. The van der Waals surface area contributed by atoms with Crippen molar-refractivity contribution in [3.8, 4) is 0 Å². The Bertz CT molecular complexity index is 617. The van der Waals surface area contributed by atoms with Crippen LogP contribution in [0, 0.1) is 0 Å². The van der Waals surface area contributed by atoms with Crippen LogP contribution in [0.4, 0.5) is 0 Å². The quantitative estimate of drug-likeness (QED) is 0.849. The largest absolute Gasteiger partial charge is 0.480 e. The molecule has 2 rings (SSSR count). The predicted octanol–water partition coefficient (Wildman–Crippen LogP) is 1.82. The van der Waals surface area contributed by atoms with E-state index in [-0.39, 0.29) is 12.3 Å². The summed E-state index contributed by atoms with van der Waals surface area (Å²) in [6, 6.07) is 6.89. The molecular weight excluding hydrogens is 270 g/mol. The fraction of sp³-hybridized carbons (Fsp3) is 0.400. The van der Waals surface area contributed by atoms with Crippen molar-refractivity contribution in [2.45, 2.75) is 32.2 Å². The van der Waals surface area contributed by atoms with E-state index in [0.29, 0.717) is 12.8 Å². The van der Waals surface area contributed by atoms with Gasteiger partial charge in [0, 0.05) is 19.9 Å². The highest BCUT2D eigenvalue weighted by Gasteiger charge is 2.24. The Labute approximate surface area is 122 Å². The molecule has 0 saturated heterocycles. The number of nitrogens with zero attached hydrogens (tertiary/aromatic N) is 2. The van der Waals surface area contributed by atoms with Gasteiger partial charge in [-0.2, -0.15) is 0 Å². The molecule has 0 spiro atoms. The number of benzene rings is 1. The lowest BCUT2D eigenvalue weighted by atomic mass is 10.2. The molecule has 1 amide bonds. The van der Waals surface area contributed by atoms with Crippen molar-refractivity contribution >= 4 is 22.9 Å². The molecule has 2 N–H and O–H groups in total. The van der Waals surface area contributed by atoms with Gasteiger partial charge in [0.25, 0.3) is 0 Å². The number of likely N-dealkylation sites (N-methyl/N-ethyl adjacent to an activating group) is 1. The number of H-pyrrole nitrogens is 1. The number of nitrogens with one attached hydrogen (secondary N) is 1. The molecule has 0 aliphatic rings. The molecule has 1 aromatic heterocycles. The molecule has 1 heterocycles. The van der Waals surface area contributed by atoms with E-state index in [4.69, 9.17) is 5.11 Å². The van der Waals surface area contributed by atoms with E-state index >= 15 is 0 Å². The smallest absolute Gasteiger partial charge is 0.326 e. The number of hydrogen-bond donors (Lipinski definition) is 2. The topological polar surface area (TPSA) is 86.3 Å². The number of carbonyl (C=O) groups excluding carboxylic acids is 1. The fourth-order valence-electron chi connectivity index (χ4n) is 2.31. The normalized spacial score (nSPS) is 12.3. The number of para-hydroxylation sites is 2. The molecule has 0 aliphatic heterocycles. The van der Waals surface area contributed by atoms with Crippen molar-refractivity contribution < 1.29 is 14.7 Å². The second kappa shape index (κ2) is 6.39. The second-order valence-electron chi connectivity index (χ2n) is 4.97. The molecule has 0 radical (unpaired) electrons. The minimum absolute atomic E-state index is 0.190. The monoisotopic (exact) mass is 289 g/mol. The third-order valence-corrected chi connectivity index (χ3v) is 3.55. The zero-order chi connectivity index (χ0) is 15.4. The summed E-state index contributed by atoms with van der Waals surface area (Å²) in [5.74, 6) is -0.428. The average molecular weight is 289 g/mol. The zero-order valence-corrected chi connectivity index (χ0v) is 12.2. The summed E-state index contributed by atoms with van der Waals surface area (Å²) >= 11 is 0. The predicted molar refractivity (Wildman–Crippen MR) is 78.9 cm³/mol. The number of fused-ring (bicyclic) bond motifs is 1. The maximum Gasteiger partial charge on any atom is 0.326 e. The number of carboxylic acid groups (broad SMARTS) is 1. The number of aromatic amines is 1. The summed E-state index contributed by atoms with van der Waals surface area (Å²) in [5, 5.41) is 9.06. The van der Waals surface area contributed by atoms with Crippen molar-refractivity contribution in [2.75, 3.05) is 7.05 Å². The molecular formula is C15H19N3O3. The van der Waals surface area contributed by atoms with Crippen molar-refractivity contribution in [1.29, 1.82) is 0 Å². The van der Waals surface area contributed by atoms with Crippen molar-refractivity contribution in [3.63, 3.8) is 0 Å². The molecule has 6 nitrogen and oxygen atoms in total. The lowest BCUT2D eigenvalue weighted by molar-refractivity contribution is -0.149. The van der Waals surface area contributed by atoms with Crippen LogP contribution < -0.4 is 0 Å². The van der Waals surface area contributed by atoms with Gasteiger partial charge in [0.15, 0.2) is 0 Å². The van der Waals surface area contributed by atoms with E-state index in [0.717, 1.165) is 16.9 Å². The van der Waals surface area contributed by atoms with Crippen molar-refractivity contribution in [3.05, 3.63) is 30.1 Å². The molecule has 6 heteroatoms. The first-order chi connectivity index (χ1) is 10.0. The Morgan fingerprint density at radius 3 is 2.71 bits per heavy atom. The van der Waals surface area contributed by atoms with Gasteiger partial charge in [0.1, 0.15) is 11.9 Å². The minimum Gasteiger partial charge on any atom is -0.480 e. The van der Waals surface area contributed by atoms with E-state index in [1.807, 2.05) is 24.3 Å². The summed E-state index contributed by atoms with van der Waals surface area (Å²) < 4.78 is 0. The summed E-state index contributed by atoms with van der Waals surface area (Å²) in [7, 11) is 1.53. The first kappa shape index (κ1) is 15.0. The van der Waals surface area contributed by atoms with Gasteiger partial charge in [-0.05, 0) is 18.6 Å². The average Bonchev–Trinajstić information content (AvgIpc) is 2.87. The van der Waals surface area contributed by atoms with Crippen LogP contribution >= 0.6 is 0 Å². The van der Waals surface area contributed by atoms with Crippen LogP contribution in [0.2, 0.25) is 0 Å². The van der Waals surface area contributed by atoms with E-state index in [2.05, 4.69) is 9.97 Å². The van der Waals surface area contributed by atoms with Gasteiger partial charge in [0.2, 0.25) is 5.91 Å². The molecule has 0 saturated carbocycles. The van der Waals surface area contributed by atoms with Gasteiger partial charge >= 0.3 is 5.97 Å². The molecule has 0 bridgehead atoms. The van der Waals surface area contributed by atoms with Gasteiger partial charge in [-0.3, -0.25) is 4.79 Å². The summed E-state index contributed by atoms with van der Waals surface area (Å²) in [5.41, 5.74) is 1.80. The van der Waals surface area contributed by atoms with Gasteiger partial charge in [-0.25, -0.2) is 9.78 Å². The van der Waals surface area contributed by atoms with Crippen LogP contribution in [0.25, 0.3) is 11.0 Å². The number of carboxylic acids is 1. The molecule has 0 aliphatic carbocycles. The van der Waals surface area contributed by atoms with Crippen LogP contribution in [0.15, 0.2) is 24.3 Å². The Morgan fingerprint density at radius 2 is 2.10 bits per heavy atom.